The fourth-order valence-corrected chi connectivity index (χ4v) is 3.51. The van der Waals surface area contributed by atoms with Crippen LogP contribution in [0.1, 0.15) is 31.4 Å². The van der Waals surface area contributed by atoms with E-state index in [-0.39, 0.29) is 23.5 Å². The maximum atomic E-state index is 12.4. The molecule has 126 valence electrons. The lowest BCUT2D eigenvalue weighted by Crippen LogP contribution is -2.16. The molecule has 0 amide bonds. The number of thiophene rings is 1. The summed E-state index contributed by atoms with van der Waals surface area (Å²) in [6.45, 7) is 5.64. The van der Waals surface area contributed by atoms with Crippen LogP contribution in [0.15, 0.2) is 64.3 Å². The molecule has 2 heterocycles. The number of ketones is 1. The molecule has 0 spiro atoms. The van der Waals surface area contributed by atoms with Crippen LogP contribution in [0.2, 0.25) is 0 Å². The molecule has 0 radical (unpaired) electrons. The highest BCUT2D eigenvalue weighted by Gasteiger charge is 2.19. The van der Waals surface area contributed by atoms with Gasteiger partial charge in [0.1, 0.15) is 17.1 Å². The molecule has 0 unspecified atom stereocenters. The van der Waals surface area contributed by atoms with Gasteiger partial charge in [0.2, 0.25) is 0 Å². The number of Topliss-reactive ketones (excluding diaryl/α,β-unsaturated/α-hetero) is 1. The van der Waals surface area contributed by atoms with Crippen molar-refractivity contribution in [2.75, 3.05) is 0 Å². The van der Waals surface area contributed by atoms with Crippen LogP contribution >= 0.6 is 11.3 Å². The number of carbonyl (C=O) groups excluding carboxylic acids is 1. The van der Waals surface area contributed by atoms with Crippen molar-refractivity contribution in [3.8, 4) is 5.75 Å². The first-order valence-electron chi connectivity index (χ1n) is 7.66. The summed E-state index contributed by atoms with van der Waals surface area (Å²) in [4.78, 5) is 26.0. The molecule has 0 aliphatic carbocycles. The monoisotopic (exact) mass is 352 g/mol. The maximum absolute atomic E-state index is 12.4. The second-order valence-corrected chi connectivity index (χ2v) is 6.78. The molecule has 0 aliphatic heterocycles. The number of aromatic hydroxyl groups is 1. The third-order valence-electron chi connectivity index (χ3n) is 3.75. The van der Waals surface area contributed by atoms with E-state index in [0.29, 0.717) is 0 Å². The van der Waals surface area contributed by atoms with Gasteiger partial charge in [0, 0.05) is 22.2 Å². The Bertz CT molecular complexity index is 996. The van der Waals surface area contributed by atoms with Gasteiger partial charge in [-0.3, -0.25) is 4.79 Å². The van der Waals surface area contributed by atoms with Crippen LogP contribution in [0, 0.1) is 6.92 Å². The summed E-state index contributed by atoms with van der Waals surface area (Å²) in [6, 6.07) is 14.8. The number of hydrogen-bond donors (Lipinski definition) is 1. The number of aryl methyl sites for hydroxylation is 1. The predicted octanol–water partition coefficient (Wildman–Crippen LogP) is 4.20. The number of hydrogen-bond acceptors (Lipinski definition) is 5. The van der Waals surface area contributed by atoms with Gasteiger partial charge in [-0.05, 0) is 30.2 Å². The Morgan fingerprint density at radius 3 is 2.60 bits per heavy atom. The smallest absolute Gasteiger partial charge is 0.350 e. The molecule has 1 N–H and O–H groups in total. The number of benzene rings is 1. The standard InChI is InChI=1S/C20H16O4S/c1-12-10-16(21)19(20(23)24-12)17(22)11-15-8-9-18(25-15)13(2)14-6-4-3-5-7-14/h3-10,21H,2,11H2,1H3. The maximum Gasteiger partial charge on any atom is 0.350 e. The van der Waals surface area contributed by atoms with Crippen molar-refractivity contribution in [3.05, 3.63) is 92.2 Å². The second kappa shape index (κ2) is 6.91. The van der Waals surface area contributed by atoms with Gasteiger partial charge in [-0.25, -0.2) is 4.79 Å². The molecule has 5 heteroatoms. The Morgan fingerprint density at radius 1 is 1.20 bits per heavy atom. The minimum atomic E-state index is -0.812. The highest BCUT2D eigenvalue weighted by atomic mass is 32.1. The van der Waals surface area contributed by atoms with Crippen molar-refractivity contribution < 1.29 is 14.3 Å². The van der Waals surface area contributed by atoms with E-state index in [1.165, 1.54) is 24.3 Å². The Hall–Kier alpha value is -2.92. The van der Waals surface area contributed by atoms with Crippen molar-refractivity contribution in [1.29, 1.82) is 0 Å². The Kier molecular flexibility index (Phi) is 4.67. The van der Waals surface area contributed by atoms with Crippen molar-refractivity contribution in [2.24, 2.45) is 0 Å². The van der Waals surface area contributed by atoms with Crippen LogP contribution < -0.4 is 5.63 Å². The predicted molar refractivity (Wildman–Crippen MR) is 98.3 cm³/mol. The SMILES string of the molecule is C=C(c1ccccc1)c1ccc(CC(=O)c2c(O)cc(C)oc2=O)s1. The van der Waals surface area contributed by atoms with Crippen molar-refractivity contribution in [2.45, 2.75) is 13.3 Å². The normalized spacial score (nSPS) is 10.6. The lowest BCUT2D eigenvalue weighted by Gasteiger charge is -2.03. The fraction of sp³-hybridized carbons (Fsp3) is 0.100. The second-order valence-electron chi connectivity index (χ2n) is 5.62. The van der Waals surface area contributed by atoms with Gasteiger partial charge in [0.05, 0.1) is 0 Å². The number of rotatable bonds is 5. The minimum absolute atomic E-state index is 0.0219. The Labute approximate surface area is 148 Å². The van der Waals surface area contributed by atoms with Crippen LogP contribution in [-0.4, -0.2) is 10.9 Å². The summed E-state index contributed by atoms with van der Waals surface area (Å²) in [5.41, 5.74) is 0.774. The zero-order valence-electron chi connectivity index (χ0n) is 13.6. The van der Waals surface area contributed by atoms with Crippen LogP contribution in [0.5, 0.6) is 5.75 Å². The molecule has 25 heavy (non-hydrogen) atoms. The molecule has 3 aromatic rings. The first kappa shape index (κ1) is 16.9. The quantitative estimate of drug-likeness (QED) is 0.699. The van der Waals surface area contributed by atoms with Gasteiger partial charge in [-0.1, -0.05) is 36.9 Å². The lowest BCUT2D eigenvalue weighted by molar-refractivity contribution is 0.0986. The molecule has 2 aromatic heterocycles. The van der Waals surface area contributed by atoms with E-state index in [1.807, 2.05) is 42.5 Å². The molecule has 3 rings (SSSR count). The lowest BCUT2D eigenvalue weighted by atomic mass is 10.1. The minimum Gasteiger partial charge on any atom is -0.507 e. The molecule has 0 saturated heterocycles. The fourth-order valence-electron chi connectivity index (χ4n) is 2.52. The Morgan fingerprint density at radius 2 is 1.92 bits per heavy atom. The van der Waals surface area contributed by atoms with Crippen molar-refractivity contribution in [1.82, 2.24) is 0 Å². The summed E-state index contributed by atoms with van der Waals surface area (Å²) in [5.74, 6) is -0.550. The summed E-state index contributed by atoms with van der Waals surface area (Å²) < 4.78 is 4.90. The van der Waals surface area contributed by atoms with E-state index in [4.69, 9.17) is 4.42 Å². The van der Waals surface area contributed by atoms with Gasteiger partial charge in [-0.15, -0.1) is 11.3 Å². The first-order chi connectivity index (χ1) is 12.0. The molecule has 0 aliphatic rings. The molecule has 0 bridgehead atoms. The molecule has 0 atom stereocenters. The van der Waals surface area contributed by atoms with E-state index in [1.54, 1.807) is 0 Å². The van der Waals surface area contributed by atoms with Gasteiger partial charge < -0.3 is 9.52 Å². The average Bonchev–Trinajstić information content (AvgIpc) is 3.02. The zero-order valence-corrected chi connectivity index (χ0v) is 14.4. The highest BCUT2D eigenvalue weighted by Crippen LogP contribution is 2.29. The molecule has 1 aromatic carbocycles. The molecule has 0 saturated carbocycles. The molecule has 4 nitrogen and oxygen atoms in total. The van der Waals surface area contributed by atoms with Crippen LogP contribution in [0.3, 0.4) is 0 Å². The van der Waals surface area contributed by atoms with Crippen LogP contribution in [0.25, 0.3) is 5.57 Å². The topological polar surface area (TPSA) is 67.5 Å². The zero-order chi connectivity index (χ0) is 18.0. The van der Waals surface area contributed by atoms with E-state index in [0.717, 1.165) is 20.9 Å². The third kappa shape index (κ3) is 3.61. The van der Waals surface area contributed by atoms with Gasteiger partial charge in [-0.2, -0.15) is 0 Å². The average molecular weight is 352 g/mol. The van der Waals surface area contributed by atoms with E-state index in [9.17, 15) is 14.7 Å². The van der Waals surface area contributed by atoms with Gasteiger partial charge in [0.15, 0.2) is 5.78 Å². The third-order valence-corrected chi connectivity index (χ3v) is 4.89. The summed E-state index contributed by atoms with van der Waals surface area (Å²) in [7, 11) is 0. The van der Waals surface area contributed by atoms with Crippen LogP contribution in [-0.2, 0) is 6.42 Å². The molecular weight excluding hydrogens is 336 g/mol. The summed E-state index contributed by atoms with van der Waals surface area (Å²) in [5, 5.41) is 9.87. The van der Waals surface area contributed by atoms with Crippen molar-refractivity contribution >= 4 is 22.7 Å². The highest BCUT2D eigenvalue weighted by molar-refractivity contribution is 7.13. The first-order valence-corrected chi connectivity index (χ1v) is 8.47. The Balaban J connectivity index is 1.81. The van der Waals surface area contributed by atoms with E-state index < -0.39 is 11.4 Å². The van der Waals surface area contributed by atoms with Gasteiger partial charge >= 0.3 is 5.63 Å². The molecular formula is C20H16O4S. The largest absolute Gasteiger partial charge is 0.507 e. The van der Waals surface area contributed by atoms with Crippen LogP contribution in [0.4, 0.5) is 0 Å². The molecule has 0 fully saturated rings. The van der Waals surface area contributed by atoms with Gasteiger partial charge in [0.25, 0.3) is 0 Å². The summed E-state index contributed by atoms with van der Waals surface area (Å²) >= 11 is 1.44. The summed E-state index contributed by atoms with van der Waals surface area (Å²) in [6.07, 6.45) is 0.0219. The number of carbonyl (C=O) groups is 1. The van der Waals surface area contributed by atoms with Crippen molar-refractivity contribution in [3.63, 3.8) is 0 Å². The van der Waals surface area contributed by atoms with E-state index >= 15 is 0 Å². The van der Waals surface area contributed by atoms with E-state index in [2.05, 4.69) is 6.58 Å².